The summed E-state index contributed by atoms with van der Waals surface area (Å²) in [5.74, 6) is -3.68. The van der Waals surface area contributed by atoms with Crippen LogP contribution in [0.4, 0.5) is 79.0 Å². The molecular formula is C31H24AlCl3F18O3. The number of Topliss-reactive ketones (excluding diaryl/α,β-unsaturated/α-hetero) is 1. The molecule has 3 nitrogen and oxygen atoms in total. The minimum Gasteiger partial charge on any atom is -0.374 e. The molecule has 0 aromatic heterocycles. The molecule has 0 saturated heterocycles. The van der Waals surface area contributed by atoms with Gasteiger partial charge in [0.1, 0.15) is 0 Å². The van der Waals surface area contributed by atoms with Gasteiger partial charge in [-0.1, -0.05) is 97.1 Å². The molecule has 0 heterocycles. The van der Waals surface area contributed by atoms with E-state index in [-0.39, 0.29) is 13.8 Å². The fourth-order valence-corrected chi connectivity index (χ4v) is 2.75. The molecule has 316 valence electrons. The van der Waals surface area contributed by atoms with Gasteiger partial charge < -0.3 is 10.2 Å². The average molecular weight is 920 g/mol. The topological polar surface area (TPSA) is 57.5 Å². The van der Waals surface area contributed by atoms with Crippen LogP contribution in [0.15, 0.2) is 97.1 Å². The fourth-order valence-electron chi connectivity index (χ4n) is 2.75. The lowest BCUT2D eigenvalue weighted by Gasteiger charge is -2.28. The Morgan fingerprint density at radius 1 is 0.411 bits per heavy atom. The molecule has 0 aliphatic carbocycles. The van der Waals surface area contributed by atoms with E-state index in [4.69, 9.17) is 40.4 Å². The zero-order valence-corrected chi connectivity index (χ0v) is 31.0. The number of hydrogen-bond donors (Lipinski definition) is 2. The van der Waals surface area contributed by atoms with E-state index in [2.05, 4.69) is 97.1 Å². The van der Waals surface area contributed by atoms with E-state index in [0.29, 0.717) is 0 Å². The predicted molar refractivity (Wildman–Crippen MR) is 174 cm³/mol. The summed E-state index contributed by atoms with van der Waals surface area (Å²) < 4.78 is 202. The summed E-state index contributed by atoms with van der Waals surface area (Å²) >= 11 is -1.72. The van der Waals surface area contributed by atoms with Crippen molar-refractivity contribution in [3.8, 4) is 0 Å². The van der Waals surface area contributed by atoms with E-state index in [0.717, 1.165) is 0 Å². The molecule has 0 bridgehead atoms. The first-order valence-electron chi connectivity index (χ1n) is 14.0. The highest BCUT2D eigenvalue weighted by atomic mass is 35.8. The molecule has 0 spiro atoms. The van der Waals surface area contributed by atoms with E-state index < -0.39 is 65.4 Å². The van der Waals surface area contributed by atoms with Crippen molar-refractivity contribution in [1.82, 2.24) is 0 Å². The van der Waals surface area contributed by atoms with Crippen LogP contribution in [0.5, 0.6) is 0 Å². The molecule has 0 fully saturated rings. The van der Waals surface area contributed by atoms with E-state index in [9.17, 15) is 83.8 Å². The second-order valence-corrected chi connectivity index (χ2v) is 16.8. The molecule has 0 amide bonds. The van der Waals surface area contributed by atoms with Gasteiger partial charge in [0.2, 0.25) is 0 Å². The van der Waals surface area contributed by atoms with Gasteiger partial charge in [0.25, 0.3) is 11.2 Å². The Labute approximate surface area is 321 Å². The van der Waals surface area contributed by atoms with E-state index >= 15 is 0 Å². The summed E-state index contributed by atoms with van der Waals surface area (Å²) in [5.41, 5.74) is -9.25. The van der Waals surface area contributed by atoms with Crippen molar-refractivity contribution in [2.45, 2.75) is 62.1 Å². The highest BCUT2D eigenvalue weighted by Crippen LogP contribution is 2.43. The van der Waals surface area contributed by atoms with Crippen molar-refractivity contribution in [1.29, 1.82) is 0 Å². The zero-order valence-electron chi connectivity index (χ0n) is 27.6. The third-order valence-corrected chi connectivity index (χ3v) is 6.04. The number of ketones is 1. The Kier molecular flexibility index (Phi) is 21.5. The number of halogens is 21. The molecule has 2 N–H and O–H groups in total. The number of fused-ring (bicyclic) bond motifs is 2. The molecule has 0 atom stereocenters. The van der Waals surface area contributed by atoms with Crippen LogP contribution in [0.2, 0.25) is 0 Å². The normalized spacial score (nSPS) is 12.4. The average Bonchev–Trinajstić information content (AvgIpc) is 3.02. The Morgan fingerprint density at radius 2 is 0.536 bits per heavy atom. The van der Waals surface area contributed by atoms with Crippen molar-refractivity contribution >= 4 is 68.9 Å². The van der Waals surface area contributed by atoms with Gasteiger partial charge in [0, 0.05) is 0 Å². The largest absolute Gasteiger partial charge is 0.643 e. The van der Waals surface area contributed by atoms with Crippen LogP contribution in [0, 0.1) is 0 Å². The molecule has 0 aliphatic heterocycles. The van der Waals surface area contributed by atoms with Crippen LogP contribution in [-0.2, 0) is 4.79 Å². The Morgan fingerprint density at radius 3 is 0.589 bits per heavy atom. The number of rotatable bonds is 0. The number of carbonyl (C=O) groups is 1. The van der Waals surface area contributed by atoms with Crippen LogP contribution < -0.4 is 0 Å². The predicted octanol–water partition coefficient (Wildman–Crippen LogP) is 12.8. The van der Waals surface area contributed by atoms with Gasteiger partial charge in [0.15, 0.2) is 0 Å². The molecule has 0 saturated carbocycles. The lowest BCUT2D eigenvalue weighted by atomic mass is 10.1. The van der Waals surface area contributed by atoms with E-state index in [1.807, 2.05) is 0 Å². The lowest BCUT2D eigenvalue weighted by molar-refractivity contribution is -0.361. The number of benzene rings is 4. The van der Waals surface area contributed by atoms with E-state index in [1.165, 1.54) is 21.5 Å². The zero-order chi connectivity index (χ0) is 44.8. The van der Waals surface area contributed by atoms with Gasteiger partial charge in [-0.25, -0.2) is 30.1 Å². The van der Waals surface area contributed by atoms with Gasteiger partial charge in [-0.05, 0) is 35.4 Å². The van der Waals surface area contributed by atoms with Gasteiger partial charge in [-0.3, -0.25) is 4.79 Å². The standard InChI is InChI=1S/2C10H8.2C4H4F6O.C3F6O.Al.3ClH/c2*1-2-6-10-8-4-3-7-9(10)5-1;2*1-2(11,3(5,6)7)4(8,9)10;4-2(5,6)1(10)3(7,8)9;;;;/h2*1-8H;2*11H,1H3;;;3*1H/q;;;;;+3;;;/p-3. The van der Waals surface area contributed by atoms with Crippen LogP contribution in [-0.4, -0.2) is 75.6 Å². The van der Waals surface area contributed by atoms with Gasteiger partial charge in [0.05, 0.1) is 0 Å². The van der Waals surface area contributed by atoms with Crippen molar-refractivity contribution in [3.05, 3.63) is 97.1 Å². The van der Waals surface area contributed by atoms with Crippen LogP contribution >= 0.6 is 30.1 Å². The maximum Gasteiger partial charge on any atom is 0.643 e. The van der Waals surface area contributed by atoms with Crippen LogP contribution in [0.25, 0.3) is 21.5 Å². The Balaban J connectivity index is 0. The third kappa shape index (κ3) is 19.5. The highest BCUT2D eigenvalue weighted by Gasteiger charge is 2.68. The van der Waals surface area contributed by atoms with Crippen LogP contribution in [0.1, 0.15) is 13.8 Å². The summed E-state index contributed by atoms with van der Waals surface area (Å²) in [6.07, 6.45) is -34.4. The summed E-state index contributed by atoms with van der Waals surface area (Å²) in [7, 11) is 14.8. The first kappa shape index (κ1) is 55.2. The van der Waals surface area contributed by atoms with Crippen molar-refractivity contribution < 1.29 is 94.0 Å². The molecule has 4 aromatic carbocycles. The minimum absolute atomic E-state index is 0.340. The third-order valence-electron chi connectivity index (χ3n) is 6.04. The molecule has 25 heteroatoms. The molecule has 0 unspecified atom stereocenters. The van der Waals surface area contributed by atoms with Gasteiger partial charge in [-0.15, -0.1) is 0 Å². The van der Waals surface area contributed by atoms with Crippen molar-refractivity contribution in [2.75, 3.05) is 0 Å². The summed E-state index contributed by atoms with van der Waals surface area (Å²) in [5, 5.41) is 21.1. The maximum absolute atomic E-state index is 11.4. The van der Waals surface area contributed by atoms with E-state index in [1.54, 1.807) is 0 Å². The first-order valence-corrected chi connectivity index (χ1v) is 19.3. The highest BCUT2D eigenvalue weighted by molar-refractivity contribution is 7.54. The summed E-state index contributed by atoms with van der Waals surface area (Å²) in [6, 6.07) is 33.4. The smallest absolute Gasteiger partial charge is 0.374 e. The van der Waals surface area contributed by atoms with Crippen molar-refractivity contribution in [3.63, 3.8) is 0 Å². The molecule has 56 heavy (non-hydrogen) atoms. The SMILES string of the molecule is CC(O)(C(F)(F)F)C(F)(F)F.CC(O)(C(F)(F)F)C(F)(F)F.O=C(C(F)(F)F)C(F)(F)F.[Cl][Al]([Cl])[Cl].c1ccc2ccccc2c1.c1ccc2ccccc2c1. The molecule has 0 aliphatic rings. The monoisotopic (exact) mass is 918 g/mol. The summed E-state index contributed by atoms with van der Waals surface area (Å²) in [6.45, 7) is -0.681. The number of carbonyl (C=O) groups excluding carboxylic acids is 1. The molecular weight excluding hydrogens is 896 g/mol. The number of aliphatic hydroxyl groups is 2. The van der Waals surface area contributed by atoms with Gasteiger partial charge in [-0.2, -0.15) is 79.0 Å². The number of hydrogen-bond acceptors (Lipinski definition) is 3. The second kappa shape index (κ2) is 21.8. The number of alkyl halides is 18. The second-order valence-electron chi connectivity index (χ2n) is 10.4. The lowest BCUT2D eigenvalue weighted by Crippen LogP contribution is -2.54. The molecule has 4 rings (SSSR count). The van der Waals surface area contributed by atoms with Crippen LogP contribution in [0.3, 0.4) is 0 Å². The Hall–Kier alpha value is -2.87. The Bertz CT molecular complexity index is 1460. The van der Waals surface area contributed by atoms with Gasteiger partial charge >= 0.3 is 54.2 Å². The molecule has 4 aromatic rings. The maximum atomic E-state index is 11.4. The summed E-state index contributed by atoms with van der Waals surface area (Å²) in [4.78, 5) is 9.24. The quantitative estimate of drug-likeness (QED) is 0.136. The first-order chi connectivity index (χ1) is 24.8. The minimum atomic E-state index is -5.82. The fraction of sp³-hybridized carbons (Fsp3) is 0.323. The molecule has 0 radical (unpaired) electrons. The van der Waals surface area contributed by atoms with Crippen molar-refractivity contribution in [2.24, 2.45) is 0 Å².